The van der Waals surface area contributed by atoms with Crippen molar-refractivity contribution in [3.05, 3.63) is 76.9 Å². The summed E-state index contributed by atoms with van der Waals surface area (Å²) in [5.74, 6) is -2.02. The summed E-state index contributed by atoms with van der Waals surface area (Å²) in [6, 6.07) is 3.91. The average Bonchev–Trinajstić information content (AvgIpc) is 3.03. The van der Waals surface area contributed by atoms with E-state index in [1.165, 1.54) is 28.8 Å². The molecule has 5 atom stereocenters. The summed E-state index contributed by atoms with van der Waals surface area (Å²) in [4.78, 5) is 39.4. The Morgan fingerprint density at radius 2 is 1.91 bits per heavy atom. The number of carbonyl (C=O) groups is 1. The van der Waals surface area contributed by atoms with Crippen LogP contribution in [0.5, 0.6) is 5.75 Å². The SMILES string of the molecule is C=CC(=O)N1C[C@H](C)N(c2nc(=O)n3c4nc(c(F)cc24)-c2c(F)cccc2OCC(O)C(O)C2=C3C(C(C)C)NC=C2)C[C@H]1C. The van der Waals surface area contributed by atoms with E-state index < -0.39 is 47.9 Å². The highest BCUT2D eigenvalue weighted by atomic mass is 19.1. The van der Waals surface area contributed by atoms with E-state index >= 15 is 8.78 Å². The van der Waals surface area contributed by atoms with Crippen molar-refractivity contribution in [1.29, 1.82) is 0 Å². The molecule has 46 heavy (non-hydrogen) atoms. The van der Waals surface area contributed by atoms with Crippen LogP contribution in [-0.4, -0.2) is 85.6 Å². The summed E-state index contributed by atoms with van der Waals surface area (Å²) >= 11 is 0. The first-order chi connectivity index (χ1) is 21.9. The minimum atomic E-state index is -1.52. The van der Waals surface area contributed by atoms with Gasteiger partial charge in [0.15, 0.2) is 11.5 Å². The number of dihydropyridines is 1. The van der Waals surface area contributed by atoms with Gasteiger partial charge in [0.1, 0.15) is 41.9 Å². The molecule has 1 aromatic carbocycles. The number of ether oxygens (including phenoxy) is 1. The number of fused-ring (bicyclic) bond motifs is 4. The van der Waals surface area contributed by atoms with Gasteiger partial charge < -0.3 is 30.1 Å². The topological polar surface area (TPSA) is 133 Å². The molecule has 3 aliphatic heterocycles. The molecule has 2 bridgehead atoms. The van der Waals surface area contributed by atoms with Gasteiger partial charge in [0.25, 0.3) is 0 Å². The van der Waals surface area contributed by atoms with Gasteiger partial charge in [-0.3, -0.25) is 4.79 Å². The molecule has 0 spiro atoms. The maximum absolute atomic E-state index is 16.2. The molecule has 0 aliphatic carbocycles. The molecular formula is C33H36F2N6O5. The van der Waals surface area contributed by atoms with Crippen molar-refractivity contribution in [3.63, 3.8) is 0 Å². The van der Waals surface area contributed by atoms with E-state index in [1.807, 2.05) is 32.6 Å². The minimum Gasteiger partial charge on any atom is -0.490 e. The van der Waals surface area contributed by atoms with E-state index in [4.69, 9.17) is 4.74 Å². The van der Waals surface area contributed by atoms with Crippen LogP contribution in [-0.2, 0) is 4.79 Å². The van der Waals surface area contributed by atoms with Crippen LogP contribution >= 0.6 is 0 Å². The fourth-order valence-electron chi connectivity index (χ4n) is 6.50. The van der Waals surface area contributed by atoms with Crippen molar-refractivity contribution in [3.8, 4) is 17.0 Å². The number of piperazine rings is 1. The summed E-state index contributed by atoms with van der Waals surface area (Å²) in [5.41, 5.74) is -1.00. The molecule has 3 unspecified atom stereocenters. The van der Waals surface area contributed by atoms with Gasteiger partial charge in [-0.1, -0.05) is 26.5 Å². The van der Waals surface area contributed by atoms with Crippen molar-refractivity contribution < 1.29 is 28.5 Å². The van der Waals surface area contributed by atoms with Crippen LogP contribution in [0.1, 0.15) is 27.7 Å². The molecule has 1 amide bonds. The standard InChI is InChI=1S/C33H36F2N6O5/c1-6-25(43)39-13-18(5)40(14-17(39)4)31-20-12-22(35)28-26-21(34)8-7-9-24(26)46-15-23(42)30(44)19-10-11-36-27(16(2)3)29(19)41(32(20)37-28)33(45)38-31/h6-12,16-18,23,27,30,36,42,44H,1,13-15H2,2-5H3/t17-,18+,23?,27?,30?/m1/s1. The molecule has 3 N–H and O–H groups in total. The number of carbonyl (C=O) groups excluding carboxylic acids is 1. The second-order valence-electron chi connectivity index (χ2n) is 12.3. The van der Waals surface area contributed by atoms with Gasteiger partial charge in [-0.2, -0.15) is 4.98 Å². The highest BCUT2D eigenvalue weighted by Crippen LogP contribution is 2.39. The molecule has 5 heterocycles. The summed E-state index contributed by atoms with van der Waals surface area (Å²) < 4.78 is 38.7. The Balaban J connectivity index is 1.70. The summed E-state index contributed by atoms with van der Waals surface area (Å²) in [7, 11) is 0. The fourth-order valence-corrected chi connectivity index (χ4v) is 6.50. The van der Waals surface area contributed by atoms with Gasteiger partial charge in [-0.05, 0) is 56.3 Å². The lowest BCUT2D eigenvalue weighted by molar-refractivity contribution is -0.128. The predicted octanol–water partition coefficient (Wildman–Crippen LogP) is 2.82. The number of benzene rings is 1. The number of aromatic nitrogens is 3. The van der Waals surface area contributed by atoms with Crippen LogP contribution in [0.25, 0.3) is 28.0 Å². The van der Waals surface area contributed by atoms with Gasteiger partial charge in [0.05, 0.1) is 22.7 Å². The Kier molecular flexibility index (Phi) is 8.15. The molecule has 6 rings (SSSR count). The number of pyridine rings is 1. The van der Waals surface area contributed by atoms with E-state index in [9.17, 15) is 19.8 Å². The van der Waals surface area contributed by atoms with Crippen molar-refractivity contribution in [1.82, 2.24) is 24.8 Å². The van der Waals surface area contributed by atoms with Crippen LogP contribution in [0, 0.1) is 17.6 Å². The van der Waals surface area contributed by atoms with Gasteiger partial charge in [0.2, 0.25) is 5.91 Å². The Hall–Kier alpha value is -4.62. The summed E-state index contributed by atoms with van der Waals surface area (Å²) in [6.07, 6.45) is 1.40. The number of amides is 1. The molecule has 3 aromatic rings. The first-order valence-electron chi connectivity index (χ1n) is 15.2. The molecule has 3 aliphatic rings. The highest BCUT2D eigenvalue weighted by molar-refractivity contribution is 5.92. The van der Waals surface area contributed by atoms with E-state index in [2.05, 4.69) is 21.9 Å². The number of hydrogen-bond donors (Lipinski definition) is 3. The molecular weight excluding hydrogens is 598 g/mol. The number of halogens is 2. The molecule has 0 radical (unpaired) electrons. The number of nitrogens with one attached hydrogen (secondary N) is 1. The Morgan fingerprint density at radius 3 is 2.63 bits per heavy atom. The fraction of sp³-hybridized carbons (Fsp3) is 0.394. The smallest absolute Gasteiger partial charge is 0.355 e. The van der Waals surface area contributed by atoms with E-state index in [-0.39, 0.29) is 69.9 Å². The molecule has 13 heteroatoms. The number of hydrogen-bond acceptors (Lipinski definition) is 9. The van der Waals surface area contributed by atoms with Crippen molar-refractivity contribution in [2.75, 3.05) is 24.6 Å². The van der Waals surface area contributed by atoms with Gasteiger partial charge in [-0.15, -0.1) is 0 Å². The van der Waals surface area contributed by atoms with E-state index in [0.717, 1.165) is 6.07 Å². The van der Waals surface area contributed by atoms with E-state index in [0.29, 0.717) is 6.54 Å². The van der Waals surface area contributed by atoms with Crippen LogP contribution in [0.2, 0.25) is 0 Å². The Labute approximate surface area is 264 Å². The zero-order chi connectivity index (χ0) is 33.0. The van der Waals surface area contributed by atoms with Crippen LogP contribution in [0.3, 0.4) is 0 Å². The molecule has 242 valence electrons. The quantitative estimate of drug-likeness (QED) is 0.372. The number of aliphatic hydroxyl groups is 2. The average molecular weight is 635 g/mol. The minimum absolute atomic E-state index is 0.0254. The third-order valence-electron chi connectivity index (χ3n) is 8.86. The lowest BCUT2D eigenvalue weighted by Gasteiger charge is -2.44. The first kappa shape index (κ1) is 31.4. The van der Waals surface area contributed by atoms with E-state index in [1.54, 1.807) is 17.2 Å². The van der Waals surface area contributed by atoms with Crippen molar-refractivity contribution in [2.24, 2.45) is 5.92 Å². The normalized spacial score (nSPS) is 24.6. The molecule has 2 aromatic heterocycles. The lowest BCUT2D eigenvalue weighted by atomic mass is 9.90. The number of anilines is 1. The number of rotatable bonds is 3. The third-order valence-corrected chi connectivity index (χ3v) is 8.86. The van der Waals surface area contributed by atoms with Crippen molar-refractivity contribution >= 4 is 28.5 Å². The third kappa shape index (κ3) is 5.13. The van der Waals surface area contributed by atoms with Gasteiger partial charge in [0, 0.05) is 30.7 Å². The maximum atomic E-state index is 16.2. The van der Waals surface area contributed by atoms with Gasteiger partial charge >= 0.3 is 5.69 Å². The second-order valence-corrected chi connectivity index (χ2v) is 12.3. The maximum Gasteiger partial charge on any atom is 0.355 e. The zero-order valence-electron chi connectivity index (χ0n) is 25.9. The number of aliphatic hydroxyl groups excluding tert-OH is 2. The predicted molar refractivity (Wildman–Crippen MR) is 169 cm³/mol. The largest absolute Gasteiger partial charge is 0.490 e. The molecule has 0 saturated carbocycles. The van der Waals surface area contributed by atoms with Gasteiger partial charge in [-0.25, -0.2) is 23.1 Å². The zero-order valence-corrected chi connectivity index (χ0v) is 25.9. The summed E-state index contributed by atoms with van der Waals surface area (Å²) in [6.45, 7) is 11.3. The van der Waals surface area contributed by atoms with Crippen LogP contribution < -0.4 is 20.6 Å². The summed E-state index contributed by atoms with van der Waals surface area (Å²) in [5, 5.41) is 25.9. The Morgan fingerprint density at radius 1 is 1.15 bits per heavy atom. The monoisotopic (exact) mass is 634 g/mol. The molecule has 1 fully saturated rings. The second kappa shape index (κ2) is 12.0. The highest BCUT2D eigenvalue weighted by Gasteiger charge is 2.37. The van der Waals surface area contributed by atoms with Crippen LogP contribution in [0.4, 0.5) is 14.6 Å². The molecule has 11 nitrogen and oxygen atoms in total. The Bertz CT molecular complexity index is 1860. The number of nitrogens with zero attached hydrogens (tertiary/aromatic N) is 5. The van der Waals surface area contributed by atoms with Crippen LogP contribution in [0.15, 0.2) is 59.6 Å². The molecule has 1 saturated heterocycles. The van der Waals surface area contributed by atoms with Crippen molar-refractivity contribution in [2.45, 2.75) is 58.0 Å². The first-order valence-corrected chi connectivity index (χ1v) is 15.2. The lowest BCUT2D eigenvalue weighted by Crippen LogP contribution is -2.58.